The van der Waals surface area contributed by atoms with Crippen molar-refractivity contribution < 1.29 is 0 Å². The van der Waals surface area contributed by atoms with Crippen molar-refractivity contribution >= 4 is 17.8 Å². The molecule has 0 saturated carbocycles. The second kappa shape index (κ2) is 8.40. The maximum atomic E-state index is 2.25. The van der Waals surface area contributed by atoms with Crippen LogP contribution in [0.3, 0.4) is 0 Å². The lowest BCUT2D eigenvalue weighted by Gasteiger charge is -2.16. The van der Waals surface area contributed by atoms with Gasteiger partial charge in [0.15, 0.2) is 0 Å². The molecule has 1 heteroatoms. The summed E-state index contributed by atoms with van der Waals surface area (Å²) < 4.78 is 0. The fraction of sp³-hybridized carbons (Fsp3) is 0.0909. The molecule has 3 rings (SSSR count). The molecule has 0 aliphatic heterocycles. The van der Waals surface area contributed by atoms with Gasteiger partial charge in [0.25, 0.3) is 0 Å². The van der Waals surface area contributed by atoms with Gasteiger partial charge in [-0.1, -0.05) is 103 Å². The van der Waals surface area contributed by atoms with E-state index in [0.717, 1.165) is 5.75 Å². The van der Waals surface area contributed by atoms with Crippen LogP contribution in [0.1, 0.15) is 21.9 Å². The highest BCUT2D eigenvalue weighted by Crippen LogP contribution is 2.35. The first-order chi connectivity index (χ1) is 11.4. The first-order valence-electron chi connectivity index (χ1n) is 7.86. The molecule has 0 nitrogen and oxygen atoms in total. The smallest absolute Gasteiger partial charge is 0.0549 e. The van der Waals surface area contributed by atoms with Gasteiger partial charge in [-0.25, -0.2) is 0 Å². The molecule has 0 spiro atoms. The molecule has 0 aliphatic rings. The van der Waals surface area contributed by atoms with Gasteiger partial charge in [0.1, 0.15) is 0 Å². The van der Waals surface area contributed by atoms with Crippen LogP contribution in [0.25, 0.3) is 6.08 Å². The summed E-state index contributed by atoms with van der Waals surface area (Å²) in [6.07, 6.45) is 4.44. The van der Waals surface area contributed by atoms with Crippen LogP contribution in [0.2, 0.25) is 0 Å². The van der Waals surface area contributed by atoms with Gasteiger partial charge in [0.2, 0.25) is 0 Å². The van der Waals surface area contributed by atoms with Crippen LogP contribution >= 0.6 is 11.8 Å². The molecule has 114 valence electrons. The summed E-state index contributed by atoms with van der Waals surface area (Å²) >= 11 is 1.96. The Labute approximate surface area is 142 Å². The molecular weight excluding hydrogens is 296 g/mol. The Morgan fingerprint density at radius 2 is 1.13 bits per heavy atom. The monoisotopic (exact) mass is 316 g/mol. The van der Waals surface area contributed by atoms with E-state index in [1.54, 1.807) is 0 Å². The molecule has 3 aromatic rings. The first kappa shape index (κ1) is 15.6. The highest BCUT2D eigenvalue weighted by Gasteiger charge is 2.13. The van der Waals surface area contributed by atoms with Gasteiger partial charge in [0.05, 0.1) is 5.25 Å². The molecule has 0 N–H and O–H groups in total. The Balaban J connectivity index is 1.71. The molecular formula is C22H20S. The maximum Gasteiger partial charge on any atom is 0.0549 e. The predicted octanol–water partition coefficient (Wildman–Crippen LogP) is 6.22. The average molecular weight is 316 g/mol. The van der Waals surface area contributed by atoms with E-state index in [1.807, 2.05) is 17.8 Å². The third-order valence-electron chi connectivity index (χ3n) is 3.67. The topological polar surface area (TPSA) is 0 Å². The van der Waals surface area contributed by atoms with Crippen molar-refractivity contribution in [3.05, 3.63) is 114 Å². The predicted molar refractivity (Wildman–Crippen MR) is 103 cm³/mol. The second-order valence-electron chi connectivity index (χ2n) is 5.35. The number of rotatable bonds is 6. The Morgan fingerprint density at radius 3 is 1.65 bits per heavy atom. The molecule has 0 fully saturated rings. The van der Waals surface area contributed by atoms with Gasteiger partial charge in [-0.2, -0.15) is 0 Å². The first-order valence-corrected chi connectivity index (χ1v) is 8.91. The minimum absolute atomic E-state index is 0.373. The molecule has 0 aliphatic carbocycles. The van der Waals surface area contributed by atoms with Crippen molar-refractivity contribution in [3.63, 3.8) is 0 Å². The standard InChI is InChI=1S/C22H20S/c1-4-11-19(12-5-1)13-10-18-23-22(20-14-6-2-7-15-20)21-16-8-3-9-17-21/h1-17,22H,18H2/b13-10+. The largest absolute Gasteiger partial charge is 0.145 e. The lowest BCUT2D eigenvalue weighted by Crippen LogP contribution is -1.97. The fourth-order valence-corrected chi connectivity index (χ4v) is 3.64. The van der Waals surface area contributed by atoms with Gasteiger partial charge in [-0.15, -0.1) is 11.8 Å². The van der Waals surface area contributed by atoms with E-state index in [-0.39, 0.29) is 0 Å². The van der Waals surface area contributed by atoms with Crippen LogP contribution in [0.5, 0.6) is 0 Å². The average Bonchev–Trinajstić information content (AvgIpc) is 2.64. The van der Waals surface area contributed by atoms with Crippen molar-refractivity contribution in [2.45, 2.75) is 5.25 Å². The zero-order valence-electron chi connectivity index (χ0n) is 13.0. The van der Waals surface area contributed by atoms with Gasteiger partial charge in [-0.3, -0.25) is 0 Å². The summed E-state index contributed by atoms with van der Waals surface area (Å²) in [5, 5.41) is 0.373. The number of thioether (sulfide) groups is 1. The van der Waals surface area contributed by atoms with Crippen molar-refractivity contribution in [1.29, 1.82) is 0 Å². The summed E-state index contributed by atoms with van der Waals surface area (Å²) in [7, 11) is 0. The number of hydrogen-bond donors (Lipinski definition) is 0. The van der Waals surface area contributed by atoms with Crippen molar-refractivity contribution in [2.75, 3.05) is 5.75 Å². The zero-order chi connectivity index (χ0) is 15.7. The molecule has 23 heavy (non-hydrogen) atoms. The van der Waals surface area contributed by atoms with E-state index < -0.39 is 0 Å². The second-order valence-corrected chi connectivity index (χ2v) is 6.49. The van der Waals surface area contributed by atoms with Gasteiger partial charge in [0, 0.05) is 5.75 Å². The van der Waals surface area contributed by atoms with Crippen LogP contribution in [-0.4, -0.2) is 5.75 Å². The van der Waals surface area contributed by atoms with E-state index >= 15 is 0 Å². The molecule has 0 bridgehead atoms. The summed E-state index contributed by atoms with van der Waals surface area (Å²) in [4.78, 5) is 0. The van der Waals surface area contributed by atoms with Crippen LogP contribution in [0.15, 0.2) is 97.1 Å². The van der Waals surface area contributed by atoms with E-state index in [1.165, 1.54) is 16.7 Å². The third-order valence-corrected chi connectivity index (χ3v) is 4.94. The van der Waals surface area contributed by atoms with E-state index in [0.29, 0.717) is 5.25 Å². The molecule has 3 aromatic carbocycles. The van der Waals surface area contributed by atoms with Crippen LogP contribution in [0.4, 0.5) is 0 Å². The Bertz CT molecular complexity index is 678. The minimum atomic E-state index is 0.373. The summed E-state index contributed by atoms with van der Waals surface area (Å²) in [5.41, 5.74) is 3.97. The van der Waals surface area contributed by atoms with Crippen LogP contribution < -0.4 is 0 Å². The van der Waals surface area contributed by atoms with Gasteiger partial charge < -0.3 is 0 Å². The number of benzene rings is 3. The molecule has 0 heterocycles. The molecule has 0 amide bonds. The van der Waals surface area contributed by atoms with E-state index in [2.05, 4.69) is 97.1 Å². The lowest BCUT2D eigenvalue weighted by atomic mass is 10.0. The van der Waals surface area contributed by atoms with Crippen molar-refractivity contribution in [2.24, 2.45) is 0 Å². The molecule has 0 aromatic heterocycles. The highest BCUT2D eigenvalue weighted by molar-refractivity contribution is 7.99. The fourth-order valence-electron chi connectivity index (χ4n) is 2.54. The molecule has 0 saturated heterocycles. The Kier molecular flexibility index (Phi) is 5.71. The van der Waals surface area contributed by atoms with Crippen molar-refractivity contribution in [3.8, 4) is 0 Å². The molecule has 0 atom stereocenters. The van der Waals surface area contributed by atoms with Crippen LogP contribution in [-0.2, 0) is 0 Å². The highest BCUT2D eigenvalue weighted by atomic mass is 32.2. The number of hydrogen-bond acceptors (Lipinski definition) is 1. The maximum absolute atomic E-state index is 2.25. The normalized spacial score (nSPS) is 11.2. The summed E-state index contributed by atoms with van der Waals surface area (Å²) in [6, 6.07) is 31.9. The SMILES string of the molecule is C(=C\c1ccccc1)/CSC(c1ccccc1)c1ccccc1. The quantitative estimate of drug-likeness (QED) is 0.520. The molecule has 0 radical (unpaired) electrons. The Morgan fingerprint density at radius 1 is 0.652 bits per heavy atom. The molecule has 0 unspecified atom stereocenters. The minimum Gasteiger partial charge on any atom is -0.145 e. The van der Waals surface area contributed by atoms with Gasteiger partial charge in [-0.05, 0) is 16.7 Å². The van der Waals surface area contributed by atoms with E-state index in [9.17, 15) is 0 Å². The van der Waals surface area contributed by atoms with Crippen LogP contribution in [0, 0.1) is 0 Å². The summed E-state index contributed by atoms with van der Waals surface area (Å²) in [5.74, 6) is 0.989. The zero-order valence-corrected chi connectivity index (χ0v) is 13.8. The Hall–Kier alpha value is -2.25. The van der Waals surface area contributed by atoms with Crippen molar-refractivity contribution in [1.82, 2.24) is 0 Å². The van der Waals surface area contributed by atoms with Gasteiger partial charge >= 0.3 is 0 Å². The van der Waals surface area contributed by atoms with E-state index in [4.69, 9.17) is 0 Å². The summed E-state index contributed by atoms with van der Waals surface area (Å²) in [6.45, 7) is 0. The third kappa shape index (κ3) is 4.61. The lowest BCUT2D eigenvalue weighted by molar-refractivity contribution is 1.16.